The molecule has 1 nitrogen and oxygen atoms in total. The SMILES string of the molecule is CCC1SCCSC1C(NC)c1ccc(Cl)cc1F. The summed E-state index contributed by atoms with van der Waals surface area (Å²) in [5.74, 6) is 2.12. The first-order valence-corrected chi connectivity index (χ1v) is 9.00. The molecule has 3 unspecified atom stereocenters. The zero-order valence-electron chi connectivity index (χ0n) is 11.2. The van der Waals surface area contributed by atoms with Gasteiger partial charge in [0.15, 0.2) is 0 Å². The van der Waals surface area contributed by atoms with Crippen LogP contribution < -0.4 is 5.32 Å². The van der Waals surface area contributed by atoms with Crippen molar-refractivity contribution in [3.63, 3.8) is 0 Å². The van der Waals surface area contributed by atoms with Crippen LogP contribution in [0.4, 0.5) is 4.39 Å². The quantitative estimate of drug-likeness (QED) is 0.885. The summed E-state index contributed by atoms with van der Waals surface area (Å²) in [4.78, 5) is 0. The van der Waals surface area contributed by atoms with Crippen molar-refractivity contribution < 1.29 is 4.39 Å². The van der Waals surface area contributed by atoms with Crippen molar-refractivity contribution in [3.8, 4) is 0 Å². The normalized spacial score (nSPS) is 25.3. The zero-order valence-corrected chi connectivity index (χ0v) is 13.5. The zero-order chi connectivity index (χ0) is 13.8. The molecule has 0 bridgehead atoms. The van der Waals surface area contributed by atoms with E-state index in [1.165, 1.54) is 11.8 Å². The summed E-state index contributed by atoms with van der Waals surface area (Å²) in [6.45, 7) is 2.21. The number of hydrogen-bond donors (Lipinski definition) is 1. The van der Waals surface area contributed by atoms with Crippen molar-refractivity contribution in [2.75, 3.05) is 18.6 Å². The van der Waals surface area contributed by atoms with E-state index in [9.17, 15) is 4.39 Å². The van der Waals surface area contributed by atoms with E-state index in [-0.39, 0.29) is 11.9 Å². The van der Waals surface area contributed by atoms with E-state index < -0.39 is 0 Å². The van der Waals surface area contributed by atoms with Gasteiger partial charge >= 0.3 is 0 Å². The van der Waals surface area contributed by atoms with Gasteiger partial charge in [-0.3, -0.25) is 0 Å². The molecule has 1 aliphatic rings. The molecule has 1 saturated heterocycles. The van der Waals surface area contributed by atoms with Gasteiger partial charge in [0, 0.05) is 38.6 Å². The number of nitrogens with one attached hydrogen (secondary N) is 1. The molecule has 1 aromatic carbocycles. The standard InChI is InChI=1S/C14H19ClFNS2/c1-3-12-14(19-7-6-18-12)13(17-2)10-5-4-9(15)8-11(10)16/h4-5,8,12-14,17H,3,6-7H2,1-2H3. The topological polar surface area (TPSA) is 12.0 Å². The molecule has 0 aliphatic carbocycles. The van der Waals surface area contributed by atoms with Crippen LogP contribution in [0.15, 0.2) is 18.2 Å². The van der Waals surface area contributed by atoms with Gasteiger partial charge in [0.05, 0.1) is 0 Å². The van der Waals surface area contributed by atoms with E-state index in [4.69, 9.17) is 11.6 Å². The van der Waals surface area contributed by atoms with E-state index >= 15 is 0 Å². The van der Waals surface area contributed by atoms with Crippen molar-refractivity contribution in [3.05, 3.63) is 34.6 Å². The van der Waals surface area contributed by atoms with E-state index in [2.05, 4.69) is 12.2 Å². The van der Waals surface area contributed by atoms with Gasteiger partial charge in [0.2, 0.25) is 0 Å². The molecule has 1 aromatic rings. The fraction of sp³-hybridized carbons (Fsp3) is 0.571. The fourth-order valence-electron chi connectivity index (χ4n) is 2.50. The Morgan fingerprint density at radius 2 is 2.16 bits per heavy atom. The van der Waals surface area contributed by atoms with Crippen LogP contribution in [0.2, 0.25) is 5.02 Å². The highest BCUT2D eigenvalue weighted by molar-refractivity contribution is 8.07. The van der Waals surface area contributed by atoms with Crippen LogP contribution in [-0.4, -0.2) is 29.1 Å². The number of hydrogen-bond acceptors (Lipinski definition) is 3. The molecule has 19 heavy (non-hydrogen) atoms. The maximum atomic E-state index is 14.1. The van der Waals surface area contributed by atoms with Crippen LogP contribution in [0.5, 0.6) is 0 Å². The Kier molecular flexibility index (Phi) is 5.87. The highest BCUT2D eigenvalue weighted by Gasteiger charge is 2.33. The number of benzene rings is 1. The number of rotatable bonds is 4. The maximum absolute atomic E-state index is 14.1. The van der Waals surface area contributed by atoms with Gasteiger partial charge in [0.25, 0.3) is 0 Å². The summed E-state index contributed by atoms with van der Waals surface area (Å²) in [7, 11) is 1.91. The third-order valence-corrected chi connectivity index (χ3v) is 7.02. The summed E-state index contributed by atoms with van der Waals surface area (Å²) in [6.07, 6.45) is 1.12. The molecule has 0 saturated carbocycles. The fourth-order valence-corrected chi connectivity index (χ4v) is 5.94. The minimum absolute atomic E-state index is 0.0417. The van der Waals surface area contributed by atoms with Gasteiger partial charge in [-0.1, -0.05) is 24.6 Å². The van der Waals surface area contributed by atoms with E-state index in [0.29, 0.717) is 15.5 Å². The Balaban J connectivity index is 2.27. The second kappa shape index (κ2) is 7.21. The molecular formula is C14H19ClFNS2. The monoisotopic (exact) mass is 319 g/mol. The molecule has 1 heterocycles. The first-order valence-electron chi connectivity index (χ1n) is 6.52. The Hall–Kier alpha value is 0.1000. The van der Waals surface area contributed by atoms with Crippen LogP contribution in [0.1, 0.15) is 24.9 Å². The molecule has 0 radical (unpaired) electrons. The van der Waals surface area contributed by atoms with Gasteiger partial charge in [-0.15, -0.1) is 0 Å². The van der Waals surface area contributed by atoms with E-state index in [0.717, 1.165) is 17.7 Å². The van der Waals surface area contributed by atoms with Gasteiger partial charge in [-0.05, 0) is 25.6 Å². The Labute approximate surface area is 128 Å². The van der Waals surface area contributed by atoms with Crippen molar-refractivity contribution in [2.45, 2.75) is 29.9 Å². The third-order valence-electron chi connectivity index (χ3n) is 3.43. The Bertz CT molecular complexity index is 430. The summed E-state index contributed by atoms with van der Waals surface area (Å²) >= 11 is 9.80. The molecule has 5 heteroatoms. The lowest BCUT2D eigenvalue weighted by Gasteiger charge is -2.36. The Morgan fingerprint density at radius 3 is 2.79 bits per heavy atom. The summed E-state index contributed by atoms with van der Waals surface area (Å²) in [5, 5.41) is 4.73. The number of thioether (sulfide) groups is 2. The second-order valence-electron chi connectivity index (χ2n) is 4.59. The highest BCUT2D eigenvalue weighted by atomic mass is 35.5. The molecule has 1 N–H and O–H groups in total. The van der Waals surface area contributed by atoms with Crippen LogP contribution in [0.3, 0.4) is 0 Å². The van der Waals surface area contributed by atoms with Gasteiger partial charge in [0.1, 0.15) is 5.82 Å². The molecule has 2 rings (SSSR count). The van der Waals surface area contributed by atoms with Crippen molar-refractivity contribution in [1.29, 1.82) is 0 Å². The lowest BCUT2D eigenvalue weighted by molar-refractivity contribution is 0.507. The minimum Gasteiger partial charge on any atom is -0.312 e. The predicted molar refractivity (Wildman–Crippen MR) is 86.0 cm³/mol. The molecule has 0 aromatic heterocycles. The van der Waals surface area contributed by atoms with Crippen LogP contribution in [0, 0.1) is 5.82 Å². The largest absolute Gasteiger partial charge is 0.312 e. The van der Waals surface area contributed by atoms with Gasteiger partial charge < -0.3 is 5.32 Å². The minimum atomic E-state index is -0.210. The first kappa shape index (κ1) is 15.5. The second-order valence-corrected chi connectivity index (χ2v) is 7.65. The van der Waals surface area contributed by atoms with E-state index in [1.54, 1.807) is 6.07 Å². The molecular weight excluding hydrogens is 301 g/mol. The maximum Gasteiger partial charge on any atom is 0.129 e. The third kappa shape index (κ3) is 3.60. The smallest absolute Gasteiger partial charge is 0.129 e. The average Bonchev–Trinajstić information content (AvgIpc) is 2.42. The van der Waals surface area contributed by atoms with Crippen LogP contribution >= 0.6 is 35.1 Å². The number of halogens is 2. The van der Waals surface area contributed by atoms with Gasteiger partial charge in [-0.25, -0.2) is 4.39 Å². The van der Waals surface area contributed by atoms with Crippen molar-refractivity contribution in [1.82, 2.24) is 5.32 Å². The van der Waals surface area contributed by atoms with Crippen molar-refractivity contribution in [2.24, 2.45) is 0 Å². The average molecular weight is 320 g/mol. The van der Waals surface area contributed by atoms with Crippen molar-refractivity contribution >= 4 is 35.1 Å². The summed E-state index contributed by atoms with van der Waals surface area (Å²) in [5.41, 5.74) is 0.727. The summed E-state index contributed by atoms with van der Waals surface area (Å²) < 4.78 is 14.1. The lowest BCUT2D eigenvalue weighted by Crippen LogP contribution is -2.37. The summed E-state index contributed by atoms with van der Waals surface area (Å²) in [6, 6.07) is 5.03. The first-order chi connectivity index (χ1) is 9.17. The Morgan fingerprint density at radius 1 is 1.42 bits per heavy atom. The highest BCUT2D eigenvalue weighted by Crippen LogP contribution is 2.40. The molecule has 1 fully saturated rings. The molecule has 3 atom stereocenters. The lowest BCUT2D eigenvalue weighted by atomic mass is 10.00. The van der Waals surface area contributed by atoms with E-state index in [1.807, 2.05) is 36.6 Å². The van der Waals surface area contributed by atoms with Crippen LogP contribution in [0.25, 0.3) is 0 Å². The molecule has 106 valence electrons. The molecule has 0 spiro atoms. The predicted octanol–water partition coefficient (Wildman–Crippen LogP) is 4.37. The van der Waals surface area contributed by atoms with Gasteiger partial charge in [-0.2, -0.15) is 23.5 Å². The molecule has 0 amide bonds. The van der Waals surface area contributed by atoms with Crippen LogP contribution in [-0.2, 0) is 0 Å². The molecule has 1 aliphatic heterocycles.